The van der Waals surface area contributed by atoms with Gasteiger partial charge in [0.1, 0.15) is 23.1 Å². The number of nitrogens with zero attached hydrogens (tertiary/aromatic N) is 1. The number of aromatic amines is 1. The Balaban J connectivity index is 2.03. The summed E-state index contributed by atoms with van der Waals surface area (Å²) in [7, 11) is 0. The lowest BCUT2D eigenvalue weighted by molar-refractivity contribution is 0.100. The van der Waals surface area contributed by atoms with Crippen molar-refractivity contribution >= 4 is 12.2 Å². The van der Waals surface area contributed by atoms with Gasteiger partial charge in [-0.25, -0.2) is 0 Å². The lowest BCUT2D eigenvalue weighted by atomic mass is 10.1. The Bertz CT molecular complexity index is 674. The smallest absolute Gasteiger partial charge is 0.128 e. The molecule has 1 aromatic carbocycles. The fraction of sp³-hybridized carbons (Fsp3) is 0.412. The standard InChI is InChI=1S/C17H23N3O2S/c1-17(2,3)18-10-12(21)11-22-15-7-5-4-6-13(15)14-8-9-16(23)20-19-14/h4-9,12,18,21H,10-11H2,1-3H3,(H,20,23). The Hall–Kier alpha value is -1.76. The largest absolute Gasteiger partial charge is 0.490 e. The lowest BCUT2D eigenvalue weighted by Crippen LogP contribution is -2.42. The number of aliphatic hydroxyl groups excluding tert-OH is 1. The monoisotopic (exact) mass is 333 g/mol. The Labute approximate surface area is 141 Å². The molecule has 2 aromatic rings. The van der Waals surface area contributed by atoms with Crippen LogP contribution in [0.2, 0.25) is 0 Å². The molecule has 0 saturated carbocycles. The predicted octanol–water partition coefficient (Wildman–Crippen LogP) is 2.93. The summed E-state index contributed by atoms with van der Waals surface area (Å²) < 4.78 is 6.36. The van der Waals surface area contributed by atoms with E-state index in [-0.39, 0.29) is 12.1 Å². The van der Waals surface area contributed by atoms with E-state index in [2.05, 4.69) is 36.3 Å². The van der Waals surface area contributed by atoms with Crippen LogP contribution in [0.1, 0.15) is 20.8 Å². The normalized spacial score (nSPS) is 12.9. The quantitative estimate of drug-likeness (QED) is 0.709. The Morgan fingerprint density at radius 3 is 2.65 bits per heavy atom. The Morgan fingerprint density at radius 1 is 1.26 bits per heavy atom. The zero-order chi connectivity index (χ0) is 16.9. The van der Waals surface area contributed by atoms with E-state index in [1.54, 1.807) is 6.07 Å². The number of β-amino-alcohol motifs (C(OH)–C–C–N with tert-alkyl or cyclic N) is 1. The summed E-state index contributed by atoms with van der Waals surface area (Å²) in [5.74, 6) is 0.681. The van der Waals surface area contributed by atoms with Crippen molar-refractivity contribution in [2.45, 2.75) is 32.4 Å². The van der Waals surface area contributed by atoms with E-state index < -0.39 is 6.10 Å². The minimum Gasteiger partial charge on any atom is -0.490 e. The van der Waals surface area contributed by atoms with Crippen LogP contribution < -0.4 is 10.1 Å². The molecule has 5 nitrogen and oxygen atoms in total. The molecule has 0 bridgehead atoms. The van der Waals surface area contributed by atoms with Crippen LogP contribution in [-0.4, -0.2) is 40.1 Å². The number of hydrogen-bond donors (Lipinski definition) is 3. The number of H-pyrrole nitrogens is 1. The average Bonchev–Trinajstić information content (AvgIpc) is 2.51. The third kappa shape index (κ3) is 5.74. The minimum atomic E-state index is -0.586. The zero-order valence-electron chi connectivity index (χ0n) is 13.7. The van der Waals surface area contributed by atoms with Gasteiger partial charge in [0.2, 0.25) is 0 Å². The Morgan fingerprint density at radius 2 is 2.00 bits per heavy atom. The number of ether oxygens (including phenoxy) is 1. The maximum atomic E-state index is 10.0. The number of rotatable bonds is 6. The molecule has 0 spiro atoms. The van der Waals surface area contributed by atoms with Gasteiger partial charge in [0, 0.05) is 17.6 Å². The van der Waals surface area contributed by atoms with E-state index in [9.17, 15) is 5.11 Å². The second-order valence-corrected chi connectivity index (χ2v) is 6.84. The molecule has 0 aliphatic heterocycles. The first-order valence-electron chi connectivity index (χ1n) is 7.56. The molecule has 0 amide bonds. The van der Waals surface area contributed by atoms with Gasteiger partial charge in [-0.15, -0.1) is 0 Å². The van der Waals surface area contributed by atoms with E-state index in [1.807, 2.05) is 30.3 Å². The lowest BCUT2D eigenvalue weighted by Gasteiger charge is -2.23. The van der Waals surface area contributed by atoms with Crippen LogP contribution >= 0.6 is 12.2 Å². The van der Waals surface area contributed by atoms with Crippen molar-refractivity contribution in [2.75, 3.05) is 13.2 Å². The topological polar surface area (TPSA) is 70.2 Å². The number of aromatic nitrogens is 2. The summed E-state index contributed by atoms with van der Waals surface area (Å²) in [6.45, 7) is 6.86. The van der Waals surface area contributed by atoms with Crippen molar-refractivity contribution < 1.29 is 9.84 Å². The second kappa shape index (κ2) is 7.68. The highest BCUT2D eigenvalue weighted by Crippen LogP contribution is 2.27. The number of nitrogens with one attached hydrogen (secondary N) is 2. The molecule has 1 atom stereocenters. The van der Waals surface area contributed by atoms with Crippen molar-refractivity contribution in [1.29, 1.82) is 0 Å². The van der Waals surface area contributed by atoms with Crippen LogP contribution in [0.15, 0.2) is 36.4 Å². The van der Waals surface area contributed by atoms with Gasteiger partial charge in [-0.1, -0.05) is 24.4 Å². The molecule has 1 heterocycles. The molecule has 2 rings (SSSR count). The molecule has 23 heavy (non-hydrogen) atoms. The van der Waals surface area contributed by atoms with Crippen molar-refractivity contribution in [2.24, 2.45) is 0 Å². The molecule has 0 fully saturated rings. The van der Waals surface area contributed by atoms with E-state index in [0.29, 0.717) is 16.9 Å². The van der Waals surface area contributed by atoms with Crippen LogP contribution in [0.4, 0.5) is 0 Å². The molecule has 0 aliphatic carbocycles. The fourth-order valence-corrected chi connectivity index (χ4v) is 2.08. The summed E-state index contributed by atoms with van der Waals surface area (Å²) in [5, 5.41) is 20.3. The average molecular weight is 333 g/mol. The SMILES string of the molecule is CC(C)(C)NCC(O)COc1ccccc1-c1ccc(=S)[nH]n1. The molecule has 0 radical (unpaired) electrons. The van der Waals surface area contributed by atoms with Gasteiger partial charge < -0.3 is 15.2 Å². The first-order chi connectivity index (χ1) is 10.8. The molecule has 0 aliphatic rings. The number of hydrogen-bond acceptors (Lipinski definition) is 5. The molecule has 1 unspecified atom stereocenters. The number of para-hydroxylation sites is 1. The van der Waals surface area contributed by atoms with Crippen molar-refractivity contribution in [3.8, 4) is 17.0 Å². The first kappa shape index (κ1) is 17.6. The van der Waals surface area contributed by atoms with E-state index in [4.69, 9.17) is 17.0 Å². The predicted molar refractivity (Wildman–Crippen MR) is 94.1 cm³/mol. The van der Waals surface area contributed by atoms with Gasteiger partial charge in [-0.2, -0.15) is 5.10 Å². The van der Waals surface area contributed by atoms with Crippen LogP contribution in [0, 0.1) is 4.64 Å². The maximum Gasteiger partial charge on any atom is 0.128 e. The number of benzene rings is 1. The van der Waals surface area contributed by atoms with Crippen molar-refractivity contribution in [1.82, 2.24) is 15.5 Å². The van der Waals surface area contributed by atoms with Gasteiger partial charge >= 0.3 is 0 Å². The summed E-state index contributed by atoms with van der Waals surface area (Å²) in [6, 6.07) is 11.2. The highest BCUT2D eigenvalue weighted by atomic mass is 32.1. The summed E-state index contributed by atoms with van der Waals surface area (Å²) in [6.07, 6.45) is -0.586. The van der Waals surface area contributed by atoms with Crippen LogP contribution in [0.25, 0.3) is 11.3 Å². The van der Waals surface area contributed by atoms with Crippen LogP contribution in [0.3, 0.4) is 0 Å². The molecule has 124 valence electrons. The third-order valence-corrected chi connectivity index (χ3v) is 3.37. The van der Waals surface area contributed by atoms with Crippen molar-refractivity contribution in [3.63, 3.8) is 0 Å². The van der Waals surface area contributed by atoms with E-state index in [1.165, 1.54) is 0 Å². The Kier molecular flexibility index (Phi) is 5.87. The molecule has 6 heteroatoms. The summed E-state index contributed by atoms with van der Waals surface area (Å²) >= 11 is 5.01. The van der Waals surface area contributed by atoms with Gasteiger partial charge in [-0.05, 0) is 45.0 Å². The van der Waals surface area contributed by atoms with Crippen molar-refractivity contribution in [3.05, 3.63) is 41.0 Å². The van der Waals surface area contributed by atoms with Gasteiger partial charge in [-0.3, -0.25) is 5.10 Å². The van der Waals surface area contributed by atoms with Crippen LogP contribution in [-0.2, 0) is 0 Å². The highest BCUT2D eigenvalue weighted by molar-refractivity contribution is 7.71. The molecule has 0 saturated heterocycles. The minimum absolute atomic E-state index is 0.0371. The fourth-order valence-electron chi connectivity index (χ4n) is 1.97. The highest BCUT2D eigenvalue weighted by Gasteiger charge is 2.14. The molecule has 1 aromatic heterocycles. The maximum absolute atomic E-state index is 10.0. The molecular formula is C17H23N3O2S. The van der Waals surface area contributed by atoms with E-state index in [0.717, 1.165) is 11.3 Å². The molecular weight excluding hydrogens is 310 g/mol. The second-order valence-electron chi connectivity index (χ2n) is 6.40. The molecule has 3 N–H and O–H groups in total. The van der Waals surface area contributed by atoms with Gasteiger partial charge in [0.15, 0.2) is 0 Å². The summed E-state index contributed by atoms with van der Waals surface area (Å²) in [4.78, 5) is 0. The zero-order valence-corrected chi connectivity index (χ0v) is 14.5. The van der Waals surface area contributed by atoms with Gasteiger partial charge in [0.25, 0.3) is 0 Å². The van der Waals surface area contributed by atoms with Gasteiger partial charge in [0.05, 0.1) is 5.69 Å². The van der Waals surface area contributed by atoms with Crippen LogP contribution in [0.5, 0.6) is 5.75 Å². The third-order valence-electron chi connectivity index (χ3n) is 3.14. The first-order valence-corrected chi connectivity index (χ1v) is 7.97. The number of aliphatic hydroxyl groups is 1. The van der Waals surface area contributed by atoms with E-state index >= 15 is 0 Å². The summed E-state index contributed by atoms with van der Waals surface area (Å²) in [5.41, 5.74) is 1.57.